The number of benzene rings is 2. The zero-order chi connectivity index (χ0) is 31.6. The first-order chi connectivity index (χ1) is 20.9. The van der Waals surface area contributed by atoms with Crippen molar-refractivity contribution < 1.29 is 50.4 Å². The smallest absolute Gasteiger partial charge is 0.416 e. The van der Waals surface area contributed by atoms with Crippen molar-refractivity contribution in [2.24, 2.45) is 0 Å². The van der Waals surface area contributed by atoms with E-state index in [0.29, 0.717) is 55.3 Å². The molecule has 0 aromatic heterocycles. The minimum Gasteiger partial charge on any atom is -0.628 e. The van der Waals surface area contributed by atoms with E-state index in [1.165, 1.54) is 14.2 Å². The molecule has 3 atom stereocenters. The molecule has 0 saturated carbocycles. The largest absolute Gasteiger partial charge is 0.628 e. The lowest BCUT2D eigenvalue weighted by Crippen LogP contribution is -3.09. The van der Waals surface area contributed by atoms with E-state index in [1.54, 1.807) is 24.3 Å². The number of nitrogens with zero attached hydrogens (tertiary/aromatic N) is 1. The molecular weight excluding hydrogens is 598 g/mol. The Balaban J connectivity index is 1.65. The number of alkyl halides is 6. The number of quaternary nitrogens is 1. The topological polar surface area (TPSA) is 91.7 Å². The third-order valence-corrected chi connectivity index (χ3v) is 7.72. The molecule has 3 heterocycles. The molecule has 44 heavy (non-hydrogen) atoms. The van der Waals surface area contributed by atoms with Crippen molar-refractivity contribution in [3.63, 3.8) is 0 Å². The summed E-state index contributed by atoms with van der Waals surface area (Å²) < 4.78 is 105. The van der Waals surface area contributed by atoms with Crippen molar-refractivity contribution >= 4 is 5.70 Å². The number of morpholine rings is 1. The predicted molar refractivity (Wildman–Crippen MR) is 146 cm³/mol. The summed E-state index contributed by atoms with van der Waals surface area (Å²) in [4.78, 5) is 1.98. The van der Waals surface area contributed by atoms with Gasteiger partial charge in [0.2, 0.25) is 0 Å². The number of hydrogen-bond acceptors (Lipinski definition) is 8. The molecule has 240 valence electrons. The van der Waals surface area contributed by atoms with Gasteiger partial charge in [-0.3, -0.25) is 10.2 Å². The number of rotatable bonds is 6. The Bertz CT molecular complexity index is 1380. The first-order valence-corrected chi connectivity index (χ1v) is 13.8. The minimum atomic E-state index is -5.03. The van der Waals surface area contributed by atoms with Gasteiger partial charge in [-0.15, -0.1) is 0 Å². The van der Waals surface area contributed by atoms with Crippen LogP contribution in [0.25, 0.3) is 5.70 Å². The molecule has 3 N–H and O–H groups in total. The van der Waals surface area contributed by atoms with Crippen LogP contribution >= 0.6 is 0 Å². The van der Waals surface area contributed by atoms with Gasteiger partial charge in [0.15, 0.2) is 12.1 Å². The molecule has 5 rings (SSSR count). The van der Waals surface area contributed by atoms with Crippen LogP contribution in [0.4, 0.5) is 26.3 Å². The lowest BCUT2D eigenvalue weighted by molar-refractivity contribution is -0.793. The van der Waals surface area contributed by atoms with E-state index in [-0.39, 0.29) is 42.2 Å². The summed E-state index contributed by atoms with van der Waals surface area (Å²) in [6.45, 7) is 2.26. The van der Waals surface area contributed by atoms with Crippen molar-refractivity contribution in [2.75, 3.05) is 53.7 Å². The van der Waals surface area contributed by atoms with Crippen LogP contribution in [0.5, 0.6) is 11.5 Å². The van der Waals surface area contributed by atoms with Gasteiger partial charge in [0.1, 0.15) is 23.2 Å². The summed E-state index contributed by atoms with van der Waals surface area (Å²) in [6.07, 6.45) is -9.64. The summed E-state index contributed by atoms with van der Waals surface area (Å²) in [7, 11) is 2.88. The van der Waals surface area contributed by atoms with Crippen LogP contribution < -0.4 is 25.2 Å². The Morgan fingerprint density at radius 1 is 0.977 bits per heavy atom. The van der Waals surface area contributed by atoms with Gasteiger partial charge < -0.3 is 34.5 Å². The minimum absolute atomic E-state index is 0.0709. The maximum absolute atomic E-state index is 14.6. The Labute approximate surface area is 249 Å². The Hall–Kier alpha value is -3.50. The number of hydroxylamine groups is 2. The zero-order valence-electron chi connectivity index (χ0n) is 23.9. The Morgan fingerprint density at radius 2 is 1.66 bits per heavy atom. The van der Waals surface area contributed by atoms with E-state index in [1.807, 2.05) is 4.90 Å². The van der Waals surface area contributed by atoms with Gasteiger partial charge in [0, 0.05) is 38.2 Å². The van der Waals surface area contributed by atoms with E-state index in [4.69, 9.17) is 18.9 Å². The number of ether oxygens (including phenoxy) is 4. The van der Waals surface area contributed by atoms with Crippen molar-refractivity contribution in [1.29, 1.82) is 0 Å². The van der Waals surface area contributed by atoms with Gasteiger partial charge in [-0.2, -0.15) is 26.3 Å². The predicted octanol–water partition coefficient (Wildman–Crippen LogP) is 3.13. The SMILES string of the molecule is COc1ccc(/C2=C/C(N3CCOCC3)OC3=C(CNCN3)C(Cc3cc(C(F)(F)F)cc(C(F)(F)F)c3)[NH+]2[O-])c(OC)c1. The first kappa shape index (κ1) is 31.9. The molecule has 3 aliphatic rings. The molecule has 0 aliphatic carbocycles. The van der Waals surface area contributed by atoms with Crippen LogP contribution in [-0.4, -0.2) is 70.9 Å². The standard InChI is InChI=1S/C29H32F6N4O5/c1-41-20-3-4-21(25(13-20)42-2)24-14-26(38-5-7-43-8-6-38)44-27-22(15-36-16-37-27)23(39(24)40)11-17-9-18(28(30,31)32)12-19(10-17)29(33,34)35/h3-4,9-10,12-14,23,26,36-37,39H,5-8,11,15-16H2,1-2H3/b24-14-. The van der Waals surface area contributed by atoms with Gasteiger partial charge in [-0.05, 0) is 35.9 Å². The molecule has 1 saturated heterocycles. The average molecular weight is 631 g/mol. The summed E-state index contributed by atoms with van der Waals surface area (Å²) in [5, 5.41) is 20.2. The number of halogens is 6. The molecule has 2 aromatic rings. The average Bonchev–Trinajstić information content (AvgIpc) is 3.00. The fraction of sp³-hybridized carbons (Fsp3) is 0.448. The summed E-state index contributed by atoms with van der Waals surface area (Å²) in [5.41, 5.74) is -2.31. The van der Waals surface area contributed by atoms with Crippen LogP contribution in [-0.2, 0) is 28.2 Å². The quantitative estimate of drug-likeness (QED) is 0.332. The van der Waals surface area contributed by atoms with Gasteiger partial charge in [0.25, 0.3) is 0 Å². The van der Waals surface area contributed by atoms with E-state index in [0.717, 1.165) is 0 Å². The second-order valence-corrected chi connectivity index (χ2v) is 10.5. The molecule has 1 fully saturated rings. The number of methoxy groups -OCH3 is 2. The molecule has 3 unspecified atom stereocenters. The van der Waals surface area contributed by atoms with Gasteiger partial charge >= 0.3 is 12.4 Å². The highest BCUT2D eigenvalue weighted by Gasteiger charge is 2.40. The van der Waals surface area contributed by atoms with Crippen molar-refractivity contribution in [3.8, 4) is 11.5 Å². The van der Waals surface area contributed by atoms with E-state index in [2.05, 4.69) is 10.6 Å². The first-order valence-electron chi connectivity index (χ1n) is 13.8. The lowest BCUT2D eigenvalue weighted by atomic mass is 9.93. The maximum Gasteiger partial charge on any atom is 0.416 e. The molecule has 0 bridgehead atoms. The fourth-order valence-electron chi connectivity index (χ4n) is 5.50. The van der Waals surface area contributed by atoms with Gasteiger partial charge in [-0.25, -0.2) is 0 Å². The number of hydrogen-bond donors (Lipinski definition) is 3. The molecule has 9 nitrogen and oxygen atoms in total. The molecule has 0 amide bonds. The lowest BCUT2D eigenvalue weighted by Gasteiger charge is -2.42. The van der Waals surface area contributed by atoms with E-state index >= 15 is 0 Å². The Morgan fingerprint density at radius 3 is 2.27 bits per heavy atom. The van der Waals surface area contributed by atoms with Crippen molar-refractivity contribution in [2.45, 2.75) is 31.0 Å². The second-order valence-electron chi connectivity index (χ2n) is 10.5. The van der Waals surface area contributed by atoms with E-state index in [9.17, 15) is 31.5 Å². The summed E-state index contributed by atoms with van der Waals surface area (Å²) in [5.74, 6) is 0.992. The van der Waals surface area contributed by atoms with Crippen molar-refractivity contribution in [3.05, 3.63) is 81.4 Å². The normalized spacial score (nSPS) is 24.7. The van der Waals surface area contributed by atoms with Gasteiger partial charge in [0.05, 0.1) is 56.4 Å². The molecule has 2 aromatic carbocycles. The van der Waals surface area contributed by atoms with Crippen LogP contribution in [0.15, 0.2) is 53.9 Å². The monoisotopic (exact) mass is 630 g/mol. The summed E-state index contributed by atoms with van der Waals surface area (Å²) in [6, 6.07) is 5.02. The van der Waals surface area contributed by atoms with Gasteiger partial charge in [-0.1, -0.05) is 0 Å². The fourth-order valence-corrected chi connectivity index (χ4v) is 5.50. The van der Waals surface area contributed by atoms with E-state index < -0.39 is 47.2 Å². The van der Waals surface area contributed by atoms with Crippen LogP contribution in [0.3, 0.4) is 0 Å². The van der Waals surface area contributed by atoms with Crippen LogP contribution in [0.1, 0.15) is 22.3 Å². The highest BCUT2D eigenvalue weighted by atomic mass is 19.4. The van der Waals surface area contributed by atoms with Crippen LogP contribution in [0, 0.1) is 5.21 Å². The molecule has 15 heteroatoms. The summed E-state index contributed by atoms with van der Waals surface area (Å²) >= 11 is 0. The molecule has 0 radical (unpaired) electrons. The highest BCUT2D eigenvalue weighted by Crippen LogP contribution is 2.37. The second kappa shape index (κ2) is 12.9. The Kier molecular flexibility index (Phi) is 9.32. The van der Waals surface area contributed by atoms with Crippen LogP contribution in [0.2, 0.25) is 0 Å². The number of nitrogens with one attached hydrogen (secondary N) is 3. The zero-order valence-corrected chi connectivity index (χ0v) is 23.9. The third kappa shape index (κ3) is 6.91. The highest BCUT2D eigenvalue weighted by molar-refractivity contribution is 5.66. The maximum atomic E-state index is 14.6. The molecular formula is C29H32F6N4O5. The molecule has 3 aliphatic heterocycles. The molecule has 0 spiro atoms. The third-order valence-electron chi connectivity index (χ3n) is 7.72. The van der Waals surface area contributed by atoms with Crippen molar-refractivity contribution in [1.82, 2.24) is 15.5 Å².